The SMILES string of the molecule is Cc1cc(CN=C(N)Nc2cccc(C(C)C)c2)nc(N2CCCC2)n1.I. The number of halogens is 1. The van der Waals surface area contributed by atoms with Gasteiger partial charge in [-0.3, -0.25) is 0 Å². The number of nitrogens with zero attached hydrogens (tertiary/aromatic N) is 4. The van der Waals surface area contributed by atoms with Gasteiger partial charge in [0.05, 0.1) is 12.2 Å². The molecule has 3 rings (SSSR count). The molecule has 7 heteroatoms. The molecular weight excluding hydrogens is 451 g/mol. The van der Waals surface area contributed by atoms with Crippen LogP contribution in [-0.2, 0) is 6.54 Å². The lowest BCUT2D eigenvalue weighted by Crippen LogP contribution is -2.23. The van der Waals surface area contributed by atoms with Crippen molar-refractivity contribution >= 4 is 41.6 Å². The van der Waals surface area contributed by atoms with Gasteiger partial charge in [0.15, 0.2) is 5.96 Å². The lowest BCUT2D eigenvalue weighted by atomic mass is 10.0. The maximum atomic E-state index is 6.06. The van der Waals surface area contributed by atoms with Crippen molar-refractivity contribution in [3.8, 4) is 0 Å². The van der Waals surface area contributed by atoms with Gasteiger partial charge in [-0.15, -0.1) is 24.0 Å². The van der Waals surface area contributed by atoms with Crippen LogP contribution in [0.25, 0.3) is 0 Å². The van der Waals surface area contributed by atoms with E-state index in [2.05, 4.69) is 51.2 Å². The molecule has 0 amide bonds. The van der Waals surface area contributed by atoms with Gasteiger partial charge in [-0.1, -0.05) is 26.0 Å². The number of benzene rings is 1. The predicted octanol–water partition coefficient (Wildman–Crippen LogP) is 4.05. The highest BCUT2D eigenvalue weighted by atomic mass is 127. The first-order valence-electron chi connectivity index (χ1n) is 9.27. The van der Waals surface area contributed by atoms with Crippen molar-refractivity contribution in [2.45, 2.75) is 46.1 Å². The normalized spacial score (nSPS) is 14.4. The van der Waals surface area contributed by atoms with Gasteiger partial charge in [0, 0.05) is 24.5 Å². The number of guanidine groups is 1. The molecule has 0 atom stereocenters. The third kappa shape index (κ3) is 6.05. The Morgan fingerprint density at radius 3 is 2.67 bits per heavy atom. The number of rotatable bonds is 5. The summed E-state index contributed by atoms with van der Waals surface area (Å²) in [5.41, 5.74) is 10.1. The molecule has 1 aromatic carbocycles. The largest absolute Gasteiger partial charge is 0.370 e. The number of hydrogen-bond donors (Lipinski definition) is 2. The fraction of sp³-hybridized carbons (Fsp3) is 0.450. The highest BCUT2D eigenvalue weighted by molar-refractivity contribution is 14.0. The molecule has 2 heterocycles. The summed E-state index contributed by atoms with van der Waals surface area (Å²) in [5, 5.41) is 3.17. The van der Waals surface area contributed by atoms with Gasteiger partial charge in [-0.2, -0.15) is 0 Å². The minimum Gasteiger partial charge on any atom is -0.370 e. The molecule has 1 aromatic heterocycles. The van der Waals surface area contributed by atoms with Crippen LogP contribution < -0.4 is 16.0 Å². The van der Waals surface area contributed by atoms with Crippen molar-refractivity contribution < 1.29 is 0 Å². The summed E-state index contributed by atoms with van der Waals surface area (Å²) in [6.45, 7) is 8.84. The van der Waals surface area contributed by atoms with E-state index in [1.807, 2.05) is 25.1 Å². The lowest BCUT2D eigenvalue weighted by Gasteiger charge is -2.16. The fourth-order valence-corrected chi connectivity index (χ4v) is 3.09. The number of aliphatic imine (C=N–C) groups is 1. The van der Waals surface area contributed by atoms with Crippen LogP contribution >= 0.6 is 24.0 Å². The molecule has 1 aliphatic heterocycles. The Hall–Kier alpha value is -1.90. The Balaban J connectivity index is 0.00000261. The molecule has 1 fully saturated rings. The van der Waals surface area contributed by atoms with Crippen LogP contribution in [0.2, 0.25) is 0 Å². The van der Waals surface area contributed by atoms with Crippen LogP contribution in [0.15, 0.2) is 35.3 Å². The number of nitrogens with one attached hydrogen (secondary N) is 1. The molecule has 1 aliphatic rings. The first-order valence-corrected chi connectivity index (χ1v) is 9.27. The van der Waals surface area contributed by atoms with E-state index >= 15 is 0 Å². The summed E-state index contributed by atoms with van der Waals surface area (Å²) >= 11 is 0. The molecular formula is C20H29IN6. The monoisotopic (exact) mass is 480 g/mol. The smallest absolute Gasteiger partial charge is 0.225 e. The lowest BCUT2D eigenvalue weighted by molar-refractivity contribution is 0.857. The van der Waals surface area contributed by atoms with Gasteiger partial charge in [-0.25, -0.2) is 15.0 Å². The zero-order valence-electron chi connectivity index (χ0n) is 16.3. The van der Waals surface area contributed by atoms with Gasteiger partial charge in [0.25, 0.3) is 0 Å². The molecule has 1 saturated heterocycles. The van der Waals surface area contributed by atoms with Crippen molar-refractivity contribution in [3.63, 3.8) is 0 Å². The number of aryl methyl sites for hydroxylation is 1. The van der Waals surface area contributed by atoms with Gasteiger partial charge >= 0.3 is 0 Å². The second kappa shape index (κ2) is 9.87. The van der Waals surface area contributed by atoms with Gasteiger partial charge in [0.2, 0.25) is 5.95 Å². The van der Waals surface area contributed by atoms with Crippen LogP contribution in [0.3, 0.4) is 0 Å². The molecule has 0 unspecified atom stereocenters. The quantitative estimate of drug-likeness (QED) is 0.384. The van der Waals surface area contributed by atoms with Crippen LogP contribution in [0.1, 0.15) is 49.6 Å². The van der Waals surface area contributed by atoms with Gasteiger partial charge in [0.1, 0.15) is 0 Å². The first kappa shape index (κ1) is 21.4. The maximum Gasteiger partial charge on any atom is 0.225 e. The van der Waals surface area contributed by atoms with E-state index in [0.717, 1.165) is 36.1 Å². The summed E-state index contributed by atoms with van der Waals surface area (Å²) in [7, 11) is 0. The minimum atomic E-state index is 0. The van der Waals surface area contributed by atoms with Crippen molar-refractivity contribution in [3.05, 3.63) is 47.3 Å². The van der Waals surface area contributed by atoms with Gasteiger partial charge < -0.3 is 16.0 Å². The Morgan fingerprint density at radius 1 is 1.22 bits per heavy atom. The van der Waals surface area contributed by atoms with Crippen molar-refractivity contribution in [2.75, 3.05) is 23.3 Å². The molecule has 0 saturated carbocycles. The van der Waals surface area contributed by atoms with E-state index in [1.54, 1.807) is 0 Å². The number of aromatic nitrogens is 2. The standard InChI is InChI=1S/C20H28N6.HI/c1-14(2)16-7-6-8-17(12-16)24-19(21)22-13-18-11-15(3)23-20(25-18)26-9-4-5-10-26;/h6-8,11-12,14H,4-5,9-10,13H2,1-3H3,(H3,21,22,24);1H. The Bertz CT molecular complexity index is 784. The average molecular weight is 480 g/mol. The summed E-state index contributed by atoms with van der Waals surface area (Å²) < 4.78 is 0. The molecule has 6 nitrogen and oxygen atoms in total. The summed E-state index contributed by atoms with van der Waals surface area (Å²) in [6.07, 6.45) is 2.41. The van der Waals surface area contributed by atoms with Crippen molar-refractivity contribution in [1.29, 1.82) is 0 Å². The summed E-state index contributed by atoms with van der Waals surface area (Å²) in [6, 6.07) is 10.2. The van der Waals surface area contributed by atoms with Crippen molar-refractivity contribution in [1.82, 2.24) is 9.97 Å². The van der Waals surface area contributed by atoms with E-state index in [-0.39, 0.29) is 24.0 Å². The molecule has 0 bridgehead atoms. The summed E-state index contributed by atoms with van der Waals surface area (Å²) in [4.78, 5) is 15.9. The second-order valence-electron chi connectivity index (χ2n) is 7.10. The Kier molecular flexibility index (Phi) is 7.82. The van der Waals surface area contributed by atoms with E-state index in [4.69, 9.17) is 5.73 Å². The molecule has 2 aromatic rings. The Morgan fingerprint density at radius 2 is 1.96 bits per heavy atom. The van der Waals surface area contributed by atoms with Crippen LogP contribution in [0.4, 0.5) is 11.6 Å². The molecule has 146 valence electrons. The topological polar surface area (TPSA) is 79.4 Å². The zero-order valence-corrected chi connectivity index (χ0v) is 18.6. The number of hydrogen-bond acceptors (Lipinski definition) is 4. The van der Waals surface area contributed by atoms with Gasteiger partial charge in [-0.05, 0) is 49.4 Å². The van der Waals surface area contributed by atoms with Crippen LogP contribution in [-0.4, -0.2) is 29.0 Å². The van der Waals surface area contributed by atoms with E-state index in [0.29, 0.717) is 18.4 Å². The molecule has 27 heavy (non-hydrogen) atoms. The zero-order chi connectivity index (χ0) is 18.5. The van der Waals surface area contributed by atoms with Crippen LogP contribution in [0.5, 0.6) is 0 Å². The molecule has 0 aliphatic carbocycles. The van der Waals surface area contributed by atoms with E-state index < -0.39 is 0 Å². The fourth-order valence-electron chi connectivity index (χ4n) is 3.09. The maximum absolute atomic E-state index is 6.06. The Labute approximate surface area is 178 Å². The summed E-state index contributed by atoms with van der Waals surface area (Å²) in [5.74, 6) is 1.68. The average Bonchev–Trinajstić information content (AvgIpc) is 3.14. The molecule has 3 N–H and O–H groups in total. The third-order valence-corrected chi connectivity index (χ3v) is 4.52. The van der Waals surface area contributed by atoms with E-state index in [9.17, 15) is 0 Å². The number of nitrogens with two attached hydrogens (primary N) is 1. The molecule has 0 radical (unpaired) electrons. The number of anilines is 2. The highest BCUT2D eigenvalue weighted by Crippen LogP contribution is 2.19. The molecule has 0 spiro atoms. The first-order chi connectivity index (χ1) is 12.5. The second-order valence-corrected chi connectivity index (χ2v) is 7.10. The van der Waals surface area contributed by atoms with Crippen LogP contribution in [0, 0.1) is 6.92 Å². The predicted molar refractivity (Wildman–Crippen MR) is 123 cm³/mol. The minimum absolute atomic E-state index is 0. The highest BCUT2D eigenvalue weighted by Gasteiger charge is 2.15. The van der Waals surface area contributed by atoms with E-state index in [1.165, 1.54) is 18.4 Å². The third-order valence-electron chi connectivity index (χ3n) is 4.52. The van der Waals surface area contributed by atoms with Crippen molar-refractivity contribution in [2.24, 2.45) is 10.7 Å².